The van der Waals surface area contributed by atoms with Gasteiger partial charge in [0.15, 0.2) is 0 Å². The SMILES string of the molecule is C[C@@H](CCc1ccccc1)N[C@H]1CC[C@H](c2ccc(O)cc2)CC1. The van der Waals surface area contributed by atoms with E-state index >= 15 is 0 Å². The van der Waals surface area contributed by atoms with Crippen molar-refractivity contribution in [3.05, 3.63) is 65.7 Å². The zero-order chi connectivity index (χ0) is 16.8. The Balaban J connectivity index is 1.41. The molecule has 0 radical (unpaired) electrons. The first kappa shape index (κ1) is 17.0. The summed E-state index contributed by atoms with van der Waals surface area (Å²) in [6.07, 6.45) is 7.34. The molecular weight excluding hydrogens is 294 g/mol. The molecule has 0 aliphatic heterocycles. The van der Waals surface area contributed by atoms with Crippen LogP contribution in [0, 0.1) is 0 Å². The molecule has 0 unspecified atom stereocenters. The predicted octanol–water partition coefficient (Wildman–Crippen LogP) is 5.03. The van der Waals surface area contributed by atoms with Crippen molar-refractivity contribution in [1.29, 1.82) is 0 Å². The number of aryl methyl sites for hydroxylation is 1. The van der Waals surface area contributed by atoms with Crippen molar-refractivity contribution < 1.29 is 5.11 Å². The van der Waals surface area contributed by atoms with Crippen LogP contribution in [0.1, 0.15) is 56.1 Å². The Morgan fingerprint density at radius 3 is 2.29 bits per heavy atom. The van der Waals surface area contributed by atoms with Gasteiger partial charge in [-0.2, -0.15) is 0 Å². The second-order valence-electron chi connectivity index (χ2n) is 7.23. The zero-order valence-electron chi connectivity index (χ0n) is 14.6. The van der Waals surface area contributed by atoms with E-state index in [1.165, 1.54) is 43.2 Å². The monoisotopic (exact) mass is 323 g/mol. The quantitative estimate of drug-likeness (QED) is 0.781. The van der Waals surface area contributed by atoms with Crippen molar-refractivity contribution in [3.63, 3.8) is 0 Å². The molecule has 1 fully saturated rings. The first-order chi connectivity index (χ1) is 11.7. The minimum absolute atomic E-state index is 0.362. The van der Waals surface area contributed by atoms with Crippen molar-refractivity contribution in [2.75, 3.05) is 0 Å². The molecular formula is C22H29NO. The first-order valence-electron chi connectivity index (χ1n) is 9.29. The average molecular weight is 323 g/mol. The fourth-order valence-corrected chi connectivity index (χ4v) is 3.85. The van der Waals surface area contributed by atoms with Gasteiger partial charge in [0.1, 0.15) is 5.75 Å². The zero-order valence-corrected chi connectivity index (χ0v) is 14.6. The Bertz CT molecular complexity index is 600. The molecule has 24 heavy (non-hydrogen) atoms. The second-order valence-corrected chi connectivity index (χ2v) is 7.23. The Kier molecular flexibility index (Phi) is 5.92. The molecule has 2 N–H and O–H groups in total. The van der Waals surface area contributed by atoms with Crippen LogP contribution in [0.15, 0.2) is 54.6 Å². The lowest BCUT2D eigenvalue weighted by Gasteiger charge is -2.31. The molecule has 1 aliphatic rings. The molecule has 0 bridgehead atoms. The summed E-state index contributed by atoms with van der Waals surface area (Å²) in [6.45, 7) is 2.31. The fourth-order valence-electron chi connectivity index (χ4n) is 3.85. The van der Waals surface area contributed by atoms with E-state index in [2.05, 4.69) is 54.7 Å². The Labute approximate surface area is 145 Å². The first-order valence-corrected chi connectivity index (χ1v) is 9.29. The van der Waals surface area contributed by atoms with Gasteiger partial charge in [0, 0.05) is 12.1 Å². The Morgan fingerprint density at radius 2 is 1.62 bits per heavy atom. The molecule has 128 valence electrons. The number of rotatable bonds is 6. The van der Waals surface area contributed by atoms with Crippen LogP contribution in [0.5, 0.6) is 5.75 Å². The topological polar surface area (TPSA) is 32.3 Å². The molecule has 0 aromatic heterocycles. The number of phenolic OH excluding ortho intramolecular Hbond substituents is 1. The lowest BCUT2D eigenvalue weighted by molar-refractivity contribution is 0.314. The highest BCUT2D eigenvalue weighted by Crippen LogP contribution is 2.33. The lowest BCUT2D eigenvalue weighted by atomic mass is 9.81. The van der Waals surface area contributed by atoms with Crippen molar-refractivity contribution in [2.24, 2.45) is 0 Å². The number of hydrogen-bond acceptors (Lipinski definition) is 2. The molecule has 0 amide bonds. The van der Waals surface area contributed by atoms with Crippen LogP contribution in [0.3, 0.4) is 0 Å². The molecule has 0 saturated heterocycles. The lowest BCUT2D eigenvalue weighted by Crippen LogP contribution is -2.39. The van der Waals surface area contributed by atoms with Crippen LogP contribution < -0.4 is 5.32 Å². The van der Waals surface area contributed by atoms with Crippen LogP contribution >= 0.6 is 0 Å². The number of benzene rings is 2. The van der Waals surface area contributed by atoms with E-state index in [0.717, 1.165) is 6.42 Å². The van der Waals surface area contributed by atoms with Gasteiger partial charge in [-0.15, -0.1) is 0 Å². The van der Waals surface area contributed by atoms with Crippen LogP contribution in [0.2, 0.25) is 0 Å². The maximum Gasteiger partial charge on any atom is 0.115 e. The molecule has 2 aromatic carbocycles. The molecule has 1 aliphatic carbocycles. The van der Waals surface area contributed by atoms with E-state index in [1.54, 1.807) is 0 Å². The summed E-state index contributed by atoms with van der Waals surface area (Å²) in [5.41, 5.74) is 2.81. The van der Waals surface area contributed by atoms with Gasteiger partial charge in [-0.3, -0.25) is 0 Å². The van der Waals surface area contributed by atoms with Crippen LogP contribution in [-0.2, 0) is 6.42 Å². The van der Waals surface area contributed by atoms with E-state index in [1.807, 2.05) is 12.1 Å². The summed E-state index contributed by atoms with van der Waals surface area (Å²) in [5, 5.41) is 13.2. The molecule has 0 spiro atoms. The summed E-state index contributed by atoms with van der Waals surface area (Å²) >= 11 is 0. The summed E-state index contributed by atoms with van der Waals surface area (Å²) in [6, 6.07) is 19.8. The third kappa shape index (κ3) is 4.85. The van der Waals surface area contributed by atoms with E-state index in [0.29, 0.717) is 23.8 Å². The van der Waals surface area contributed by atoms with E-state index in [-0.39, 0.29) is 0 Å². The van der Waals surface area contributed by atoms with Crippen LogP contribution in [0.25, 0.3) is 0 Å². The van der Waals surface area contributed by atoms with Gasteiger partial charge in [0.25, 0.3) is 0 Å². The fraction of sp³-hybridized carbons (Fsp3) is 0.455. The largest absolute Gasteiger partial charge is 0.508 e. The molecule has 3 rings (SSSR count). The normalized spacial score (nSPS) is 22.2. The number of hydrogen-bond donors (Lipinski definition) is 2. The van der Waals surface area contributed by atoms with Gasteiger partial charge in [-0.25, -0.2) is 0 Å². The molecule has 2 nitrogen and oxygen atoms in total. The van der Waals surface area contributed by atoms with Gasteiger partial charge < -0.3 is 10.4 Å². The highest BCUT2D eigenvalue weighted by molar-refractivity contribution is 5.28. The molecule has 1 atom stereocenters. The highest BCUT2D eigenvalue weighted by atomic mass is 16.3. The maximum absolute atomic E-state index is 9.42. The van der Waals surface area contributed by atoms with Crippen LogP contribution in [-0.4, -0.2) is 17.2 Å². The van der Waals surface area contributed by atoms with Crippen molar-refractivity contribution >= 4 is 0 Å². The van der Waals surface area contributed by atoms with Gasteiger partial charge in [-0.05, 0) is 74.6 Å². The summed E-state index contributed by atoms with van der Waals surface area (Å²) < 4.78 is 0. The minimum atomic E-state index is 0.362. The van der Waals surface area contributed by atoms with Gasteiger partial charge >= 0.3 is 0 Å². The van der Waals surface area contributed by atoms with Crippen LogP contribution in [0.4, 0.5) is 0 Å². The number of aromatic hydroxyl groups is 1. The van der Waals surface area contributed by atoms with Gasteiger partial charge in [-0.1, -0.05) is 42.5 Å². The Hall–Kier alpha value is -1.80. The Morgan fingerprint density at radius 1 is 0.958 bits per heavy atom. The van der Waals surface area contributed by atoms with Crippen molar-refractivity contribution in [3.8, 4) is 5.75 Å². The standard InChI is InChI=1S/C22H29NO/c1-17(7-8-18-5-3-2-4-6-18)23-21-13-9-19(10-14-21)20-11-15-22(24)16-12-20/h2-6,11-12,15-17,19,21,23-24H,7-10,13-14H2,1H3/t17-,19-,21-/m0/s1. The summed E-state index contributed by atoms with van der Waals surface area (Å²) in [7, 11) is 0. The highest BCUT2D eigenvalue weighted by Gasteiger charge is 2.23. The number of nitrogens with one attached hydrogen (secondary N) is 1. The van der Waals surface area contributed by atoms with E-state index < -0.39 is 0 Å². The third-order valence-electron chi connectivity index (χ3n) is 5.32. The van der Waals surface area contributed by atoms with E-state index in [9.17, 15) is 5.11 Å². The average Bonchev–Trinajstić information content (AvgIpc) is 2.62. The molecule has 0 heterocycles. The minimum Gasteiger partial charge on any atom is -0.508 e. The van der Waals surface area contributed by atoms with Crippen molar-refractivity contribution in [1.82, 2.24) is 5.32 Å². The molecule has 1 saturated carbocycles. The second kappa shape index (κ2) is 8.34. The third-order valence-corrected chi connectivity index (χ3v) is 5.32. The molecule has 2 aromatic rings. The summed E-state index contributed by atoms with van der Waals surface area (Å²) in [5.74, 6) is 1.02. The van der Waals surface area contributed by atoms with Crippen molar-refractivity contribution in [2.45, 2.75) is 63.5 Å². The van der Waals surface area contributed by atoms with E-state index in [4.69, 9.17) is 0 Å². The van der Waals surface area contributed by atoms with Gasteiger partial charge in [0.2, 0.25) is 0 Å². The maximum atomic E-state index is 9.42. The smallest absolute Gasteiger partial charge is 0.115 e. The summed E-state index contributed by atoms with van der Waals surface area (Å²) in [4.78, 5) is 0. The predicted molar refractivity (Wildman–Crippen MR) is 100 cm³/mol. The molecule has 2 heteroatoms. The number of phenols is 1. The van der Waals surface area contributed by atoms with Gasteiger partial charge in [0.05, 0.1) is 0 Å².